The van der Waals surface area contributed by atoms with E-state index in [0.717, 1.165) is 34.9 Å². The number of aryl methyl sites for hydroxylation is 2. The first-order chi connectivity index (χ1) is 15.9. The Bertz CT molecular complexity index is 1040. The van der Waals surface area contributed by atoms with Crippen molar-refractivity contribution in [1.29, 1.82) is 0 Å². The molecule has 0 atom stereocenters. The molecule has 7 nitrogen and oxygen atoms in total. The van der Waals surface area contributed by atoms with Gasteiger partial charge < -0.3 is 19.9 Å². The second-order valence-electron chi connectivity index (χ2n) is 8.72. The van der Waals surface area contributed by atoms with Crippen molar-refractivity contribution in [3.63, 3.8) is 0 Å². The van der Waals surface area contributed by atoms with Crippen LogP contribution in [0.2, 0.25) is 0 Å². The van der Waals surface area contributed by atoms with Crippen LogP contribution in [0.25, 0.3) is 0 Å². The molecule has 0 saturated heterocycles. The summed E-state index contributed by atoms with van der Waals surface area (Å²) in [4.78, 5) is 4.79. The molecular weight excluding hydrogens is 412 g/mol. The lowest BCUT2D eigenvalue weighted by Crippen LogP contribution is -2.37. The maximum atomic E-state index is 6.12. The Morgan fingerprint density at radius 2 is 1.79 bits per heavy atom. The van der Waals surface area contributed by atoms with E-state index >= 15 is 0 Å². The third-order valence-corrected chi connectivity index (χ3v) is 5.48. The van der Waals surface area contributed by atoms with Gasteiger partial charge in [-0.05, 0) is 43.4 Å². The molecule has 0 amide bonds. The zero-order valence-corrected chi connectivity index (χ0v) is 20.4. The van der Waals surface area contributed by atoms with Crippen molar-refractivity contribution < 1.29 is 4.74 Å². The standard InChI is InChI=1S/C26H36N6O/c1-19(2)13-14-33-24-15-20(3)11-12-23(24)17-28-26(27-16-22-9-7-6-8-10-22)29-18-25-31-30-21(4)32(25)5/h6-12,15,19H,13-14,16-18H2,1-5H3,(H2,27,28,29). The van der Waals surface area contributed by atoms with Crippen molar-refractivity contribution in [1.82, 2.24) is 25.4 Å². The molecule has 0 aliphatic rings. The van der Waals surface area contributed by atoms with E-state index in [-0.39, 0.29) is 0 Å². The molecule has 7 heteroatoms. The van der Waals surface area contributed by atoms with Crippen LogP contribution in [0.15, 0.2) is 53.5 Å². The summed E-state index contributed by atoms with van der Waals surface area (Å²) in [6, 6.07) is 16.6. The van der Waals surface area contributed by atoms with Crippen molar-refractivity contribution >= 4 is 5.96 Å². The molecule has 1 heterocycles. The second-order valence-corrected chi connectivity index (χ2v) is 8.72. The van der Waals surface area contributed by atoms with Crippen LogP contribution in [-0.2, 0) is 26.7 Å². The second kappa shape index (κ2) is 12.0. The van der Waals surface area contributed by atoms with Crippen LogP contribution >= 0.6 is 0 Å². The van der Waals surface area contributed by atoms with Crippen LogP contribution in [0.3, 0.4) is 0 Å². The van der Waals surface area contributed by atoms with Gasteiger partial charge in [0, 0.05) is 19.2 Å². The largest absolute Gasteiger partial charge is 0.493 e. The molecule has 2 N–H and O–H groups in total. The topological polar surface area (TPSA) is 76.4 Å². The molecule has 0 aliphatic heterocycles. The van der Waals surface area contributed by atoms with Crippen LogP contribution in [-0.4, -0.2) is 27.3 Å². The Morgan fingerprint density at radius 1 is 1.03 bits per heavy atom. The van der Waals surface area contributed by atoms with Crippen LogP contribution in [0.5, 0.6) is 5.75 Å². The van der Waals surface area contributed by atoms with Gasteiger partial charge >= 0.3 is 0 Å². The summed E-state index contributed by atoms with van der Waals surface area (Å²) < 4.78 is 8.09. The fourth-order valence-electron chi connectivity index (χ4n) is 3.22. The predicted octanol–water partition coefficient (Wildman–Crippen LogP) is 4.29. The van der Waals surface area contributed by atoms with Crippen LogP contribution < -0.4 is 15.4 Å². The van der Waals surface area contributed by atoms with E-state index in [1.54, 1.807) is 0 Å². The first-order valence-electron chi connectivity index (χ1n) is 11.6. The number of nitrogens with zero attached hydrogens (tertiary/aromatic N) is 4. The summed E-state index contributed by atoms with van der Waals surface area (Å²) in [5, 5.41) is 15.2. The molecule has 0 saturated carbocycles. The minimum atomic E-state index is 0.531. The molecule has 33 heavy (non-hydrogen) atoms. The average Bonchev–Trinajstić information content (AvgIpc) is 3.12. The average molecular weight is 449 g/mol. The SMILES string of the molecule is Cc1ccc(CNC(=NCc2ccccc2)NCc2nnc(C)n2C)c(OCCC(C)C)c1. The number of nitrogens with one attached hydrogen (secondary N) is 2. The van der Waals surface area contributed by atoms with Gasteiger partial charge in [0.1, 0.15) is 11.6 Å². The first kappa shape index (κ1) is 24.3. The summed E-state index contributed by atoms with van der Waals surface area (Å²) in [6.07, 6.45) is 1.03. The third-order valence-electron chi connectivity index (χ3n) is 5.48. The first-order valence-corrected chi connectivity index (χ1v) is 11.6. The zero-order valence-electron chi connectivity index (χ0n) is 20.4. The molecule has 1 aromatic heterocycles. The van der Waals surface area contributed by atoms with Gasteiger partial charge in [0.2, 0.25) is 0 Å². The number of rotatable bonds is 10. The highest BCUT2D eigenvalue weighted by atomic mass is 16.5. The van der Waals surface area contributed by atoms with Crippen molar-refractivity contribution in [2.24, 2.45) is 18.0 Å². The molecule has 0 aliphatic carbocycles. The van der Waals surface area contributed by atoms with Crippen molar-refractivity contribution in [3.05, 3.63) is 76.9 Å². The fourth-order valence-corrected chi connectivity index (χ4v) is 3.22. The highest BCUT2D eigenvalue weighted by Gasteiger charge is 2.09. The Hall–Kier alpha value is -3.35. The zero-order chi connectivity index (χ0) is 23.6. The lowest BCUT2D eigenvalue weighted by molar-refractivity contribution is 0.286. The smallest absolute Gasteiger partial charge is 0.192 e. The Balaban J connectivity index is 1.70. The van der Waals surface area contributed by atoms with E-state index < -0.39 is 0 Å². The quantitative estimate of drug-likeness (QED) is 0.357. The van der Waals surface area contributed by atoms with Crippen LogP contribution in [0, 0.1) is 19.8 Å². The van der Waals surface area contributed by atoms with Gasteiger partial charge in [-0.1, -0.05) is 56.3 Å². The van der Waals surface area contributed by atoms with Gasteiger partial charge in [0.15, 0.2) is 11.8 Å². The predicted molar refractivity (Wildman–Crippen MR) is 133 cm³/mol. The summed E-state index contributed by atoms with van der Waals surface area (Å²) in [5.41, 5.74) is 3.45. The van der Waals surface area contributed by atoms with Gasteiger partial charge in [-0.15, -0.1) is 10.2 Å². The van der Waals surface area contributed by atoms with E-state index in [1.165, 1.54) is 5.56 Å². The Morgan fingerprint density at radius 3 is 2.48 bits per heavy atom. The maximum absolute atomic E-state index is 6.12. The molecule has 0 unspecified atom stereocenters. The van der Waals surface area contributed by atoms with Crippen LogP contribution in [0.1, 0.15) is 48.6 Å². The molecule has 3 rings (SSSR count). The minimum Gasteiger partial charge on any atom is -0.493 e. The van der Waals surface area contributed by atoms with Gasteiger partial charge in [-0.2, -0.15) is 0 Å². The van der Waals surface area contributed by atoms with Gasteiger partial charge in [0.25, 0.3) is 0 Å². The van der Waals surface area contributed by atoms with Gasteiger partial charge in [-0.3, -0.25) is 0 Å². The highest BCUT2D eigenvalue weighted by molar-refractivity contribution is 5.79. The lowest BCUT2D eigenvalue weighted by Gasteiger charge is -2.16. The molecule has 176 valence electrons. The molecule has 0 bridgehead atoms. The monoisotopic (exact) mass is 448 g/mol. The number of benzene rings is 2. The summed E-state index contributed by atoms with van der Waals surface area (Å²) in [7, 11) is 1.97. The van der Waals surface area contributed by atoms with E-state index in [2.05, 4.69) is 71.9 Å². The number of ether oxygens (including phenoxy) is 1. The molecular formula is C26H36N6O. The molecule has 0 radical (unpaired) electrons. The highest BCUT2D eigenvalue weighted by Crippen LogP contribution is 2.21. The summed E-state index contributed by atoms with van der Waals surface area (Å²) in [6.45, 7) is 10.9. The Kier molecular flexibility index (Phi) is 8.87. The van der Waals surface area contributed by atoms with Crippen molar-refractivity contribution in [3.8, 4) is 5.75 Å². The van der Waals surface area contributed by atoms with E-state index in [0.29, 0.717) is 38.1 Å². The number of guanidine groups is 1. The number of hydrogen-bond acceptors (Lipinski definition) is 4. The fraction of sp³-hybridized carbons (Fsp3) is 0.423. The molecule has 0 spiro atoms. The summed E-state index contributed by atoms with van der Waals surface area (Å²) >= 11 is 0. The number of hydrogen-bond donors (Lipinski definition) is 2. The van der Waals surface area contributed by atoms with Crippen molar-refractivity contribution in [2.45, 2.75) is 53.8 Å². The minimum absolute atomic E-state index is 0.531. The number of aliphatic imine (C=N–C) groups is 1. The lowest BCUT2D eigenvalue weighted by atomic mass is 10.1. The molecule has 3 aromatic rings. The normalized spacial score (nSPS) is 11.6. The van der Waals surface area contributed by atoms with E-state index in [1.807, 2.05) is 36.7 Å². The van der Waals surface area contributed by atoms with Gasteiger partial charge in [0.05, 0.1) is 19.7 Å². The van der Waals surface area contributed by atoms with Gasteiger partial charge in [-0.25, -0.2) is 4.99 Å². The van der Waals surface area contributed by atoms with E-state index in [4.69, 9.17) is 9.73 Å². The number of aromatic nitrogens is 3. The Labute approximate surface area is 197 Å². The third kappa shape index (κ3) is 7.63. The van der Waals surface area contributed by atoms with Crippen LogP contribution in [0.4, 0.5) is 0 Å². The summed E-state index contributed by atoms with van der Waals surface area (Å²) in [5.74, 6) is 3.99. The maximum Gasteiger partial charge on any atom is 0.192 e. The van der Waals surface area contributed by atoms with E-state index in [9.17, 15) is 0 Å². The molecule has 0 fully saturated rings. The van der Waals surface area contributed by atoms with Crippen molar-refractivity contribution in [2.75, 3.05) is 6.61 Å². The molecule has 2 aromatic carbocycles.